The van der Waals surface area contributed by atoms with Gasteiger partial charge < -0.3 is 9.72 Å². The third kappa shape index (κ3) is 3.35. The molecule has 1 N–H and O–H groups in total. The largest absolute Gasteiger partial charge is 0.443 e. The van der Waals surface area contributed by atoms with Crippen LogP contribution in [0.3, 0.4) is 0 Å². The van der Waals surface area contributed by atoms with Crippen molar-refractivity contribution in [1.82, 2.24) is 19.9 Å². The number of halogens is 2. The maximum Gasteiger partial charge on any atom is 0.417 e. The van der Waals surface area contributed by atoms with Gasteiger partial charge in [-0.2, -0.15) is 13.8 Å². The Bertz CT molecular complexity index is 858. The fourth-order valence-corrected chi connectivity index (χ4v) is 2.43. The number of aromatic nitrogens is 3. The molecule has 0 aliphatic carbocycles. The lowest BCUT2D eigenvalue weighted by molar-refractivity contribution is 0.0231. The average Bonchev–Trinajstić information content (AvgIpc) is 2.90. The van der Waals surface area contributed by atoms with Crippen molar-refractivity contribution in [3.63, 3.8) is 0 Å². The molecule has 0 saturated heterocycles. The number of nitrogens with zero attached hydrogens (tertiary/aromatic N) is 3. The second-order valence-electron chi connectivity index (χ2n) is 6.57. The monoisotopic (exact) mass is 350 g/mol. The summed E-state index contributed by atoms with van der Waals surface area (Å²) in [5.74, 6) is -2.57. The van der Waals surface area contributed by atoms with Crippen LogP contribution in [0.1, 0.15) is 37.0 Å². The normalized spacial score (nSPS) is 14.4. The van der Waals surface area contributed by atoms with Gasteiger partial charge in [-0.15, -0.1) is 0 Å². The Hall–Kier alpha value is -2.84. The number of hydrogen-bond donors (Lipinski definition) is 1. The number of carbonyl (C=O) groups is 2. The van der Waals surface area contributed by atoms with E-state index in [0.29, 0.717) is 12.1 Å². The van der Waals surface area contributed by atoms with Gasteiger partial charge in [-0.3, -0.25) is 4.79 Å². The van der Waals surface area contributed by atoms with Crippen LogP contribution in [0.15, 0.2) is 12.1 Å². The number of carbonyl (C=O) groups excluding carboxylic acids is 2. The van der Waals surface area contributed by atoms with Gasteiger partial charge in [0.25, 0.3) is 5.91 Å². The maximum atomic E-state index is 13.8. The first-order chi connectivity index (χ1) is 11.7. The number of nitrogens with one attached hydrogen (secondary N) is 1. The lowest BCUT2D eigenvalue weighted by atomic mass is 10.1. The molecule has 1 aliphatic rings. The molecule has 2 aromatic heterocycles. The van der Waals surface area contributed by atoms with Crippen LogP contribution in [-0.4, -0.2) is 44.0 Å². The van der Waals surface area contributed by atoms with Crippen LogP contribution >= 0.6 is 0 Å². The van der Waals surface area contributed by atoms with E-state index in [1.165, 1.54) is 6.07 Å². The van der Waals surface area contributed by atoms with Gasteiger partial charge in [0.2, 0.25) is 11.9 Å². The minimum absolute atomic E-state index is 0.0100. The van der Waals surface area contributed by atoms with Crippen LogP contribution in [-0.2, 0) is 11.2 Å². The summed E-state index contributed by atoms with van der Waals surface area (Å²) in [6, 6.07) is 2.17. The van der Waals surface area contributed by atoms with Gasteiger partial charge >= 0.3 is 6.09 Å². The first kappa shape index (κ1) is 17.0. The van der Waals surface area contributed by atoms with Crippen molar-refractivity contribution in [3.05, 3.63) is 35.4 Å². The van der Waals surface area contributed by atoms with E-state index in [0.717, 1.165) is 11.0 Å². The topological polar surface area (TPSA) is 88.2 Å². The minimum Gasteiger partial charge on any atom is -0.443 e. The Balaban J connectivity index is 1.90. The Morgan fingerprint density at radius 1 is 1.28 bits per heavy atom. The molecule has 3 rings (SSSR count). The second kappa shape index (κ2) is 5.91. The smallest absolute Gasteiger partial charge is 0.417 e. The summed E-state index contributed by atoms with van der Waals surface area (Å²) in [6.45, 7) is 5.21. The summed E-state index contributed by atoms with van der Waals surface area (Å²) in [6.07, 6.45) is -0.439. The van der Waals surface area contributed by atoms with Crippen molar-refractivity contribution >= 4 is 12.0 Å². The molecule has 2 aromatic rings. The molecule has 2 amide bonds. The number of hydrogen-bond acceptors (Lipinski definition) is 5. The van der Waals surface area contributed by atoms with Crippen molar-refractivity contribution in [2.24, 2.45) is 0 Å². The van der Waals surface area contributed by atoms with E-state index < -0.39 is 29.5 Å². The number of pyridine rings is 1. The summed E-state index contributed by atoms with van der Waals surface area (Å²) in [5, 5.41) is 0. The molecule has 0 atom stereocenters. The molecule has 0 unspecified atom stereocenters. The Morgan fingerprint density at radius 3 is 2.64 bits per heavy atom. The van der Waals surface area contributed by atoms with Crippen LogP contribution in [0, 0.1) is 11.9 Å². The van der Waals surface area contributed by atoms with Crippen LogP contribution < -0.4 is 0 Å². The van der Waals surface area contributed by atoms with Gasteiger partial charge in [-0.1, -0.05) is 0 Å². The molecule has 0 radical (unpaired) electrons. The minimum atomic E-state index is -1.04. The fraction of sp³-hybridized carbons (Fsp3) is 0.375. The molecule has 0 bridgehead atoms. The van der Waals surface area contributed by atoms with Gasteiger partial charge in [-0.05, 0) is 32.9 Å². The highest BCUT2D eigenvalue weighted by molar-refractivity contribution is 6.03. The number of ether oxygens (including phenoxy) is 1. The first-order valence-electron chi connectivity index (χ1n) is 7.62. The van der Waals surface area contributed by atoms with E-state index in [1.807, 2.05) is 0 Å². The van der Waals surface area contributed by atoms with E-state index in [-0.39, 0.29) is 23.6 Å². The lowest BCUT2D eigenvalue weighted by Crippen LogP contribution is -2.44. The number of amides is 2. The molecule has 25 heavy (non-hydrogen) atoms. The standard InChI is InChI=1S/C16H16F2N4O3/c1-16(2,3)25-15(24)22-7-6-9-11(14(22)23)21-13(19-9)8-4-5-10(17)20-12(8)18/h4-5H,6-7H2,1-3H3,(H,19,21). The first-order valence-corrected chi connectivity index (χ1v) is 7.62. The van der Waals surface area contributed by atoms with Crippen LogP contribution in [0.5, 0.6) is 0 Å². The predicted molar refractivity (Wildman–Crippen MR) is 82.7 cm³/mol. The van der Waals surface area contributed by atoms with E-state index in [1.54, 1.807) is 20.8 Å². The van der Waals surface area contributed by atoms with Crippen molar-refractivity contribution in [2.75, 3.05) is 6.54 Å². The third-order valence-corrected chi connectivity index (χ3v) is 3.50. The molecular weight excluding hydrogens is 334 g/mol. The molecule has 0 spiro atoms. The highest BCUT2D eigenvalue weighted by Gasteiger charge is 2.35. The van der Waals surface area contributed by atoms with E-state index in [4.69, 9.17) is 4.74 Å². The third-order valence-electron chi connectivity index (χ3n) is 3.50. The van der Waals surface area contributed by atoms with Crippen molar-refractivity contribution in [3.8, 4) is 11.4 Å². The Kier molecular flexibility index (Phi) is 4.02. The predicted octanol–water partition coefficient (Wildman–Crippen LogP) is 2.68. The number of imidazole rings is 1. The second-order valence-corrected chi connectivity index (χ2v) is 6.57. The summed E-state index contributed by atoms with van der Waals surface area (Å²) >= 11 is 0. The van der Waals surface area contributed by atoms with Crippen LogP contribution in [0.2, 0.25) is 0 Å². The van der Waals surface area contributed by atoms with Crippen molar-refractivity contribution in [1.29, 1.82) is 0 Å². The van der Waals surface area contributed by atoms with Crippen molar-refractivity contribution in [2.45, 2.75) is 32.8 Å². The van der Waals surface area contributed by atoms with E-state index >= 15 is 0 Å². The van der Waals surface area contributed by atoms with Crippen molar-refractivity contribution < 1.29 is 23.1 Å². The molecule has 132 valence electrons. The number of imide groups is 1. The van der Waals surface area contributed by atoms with Crippen LogP contribution in [0.25, 0.3) is 11.4 Å². The molecule has 0 saturated carbocycles. The number of H-pyrrole nitrogens is 1. The zero-order valence-electron chi connectivity index (χ0n) is 13.9. The summed E-state index contributed by atoms with van der Waals surface area (Å²) in [7, 11) is 0. The summed E-state index contributed by atoms with van der Waals surface area (Å²) in [4.78, 5) is 35.6. The Morgan fingerprint density at radius 2 is 2.00 bits per heavy atom. The highest BCUT2D eigenvalue weighted by atomic mass is 19.1. The highest BCUT2D eigenvalue weighted by Crippen LogP contribution is 2.25. The van der Waals surface area contributed by atoms with Crippen LogP contribution in [0.4, 0.5) is 13.6 Å². The average molecular weight is 350 g/mol. The molecular formula is C16H16F2N4O3. The van der Waals surface area contributed by atoms with Gasteiger partial charge in [-0.25, -0.2) is 14.7 Å². The molecule has 0 aromatic carbocycles. The van der Waals surface area contributed by atoms with E-state index in [9.17, 15) is 18.4 Å². The molecule has 9 heteroatoms. The molecule has 0 fully saturated rings. The summed E-state index contributed by atoms with van der Waals surface area (Å²) < 4.78 is 31.9. The number of rotatable bonds is 1. The van der Waals surface area contributed by atoms with Gasteiger partial charge in [0.1, 0.15) is 11.4 Å². The fourth-order valence-electron chi connectivity index (χ4n) is 2.43. The van der Waals surface area contributed by atoms with Gasteiger partial charge in [0.15, 0.2) is 5.69 Å². The molecule has 3 heterocycles. The zero-order valence-corrected chi connectivity index (χ0v) is 13.9. The quantitative estimate of drug-likeness (QED) is 0.799. The van der Waals surface area contributed by atoms with Gasteiger partial charge in [0, 0.05) is 18.7 Å². The zero-order chi connectivity index (χ0) is 18.4. The molecule has 1 aliphatic heterocycles. The Labute approximate surface area is 142 Å². The van der Waals surface area contributed by atoms with E-state index in [2.05, 4.69) is 15.0 Å². The number of fused-ring (bicyclic) bond motifs is 1. The maximum absolute atomic E-state index is 13.8. The number of aromatic amines is 1. The molecule has 7 nitrogen and oxygen atoms in total. The summed E-state index contributed by atoms with van der Waals surface area (Å²) in [5.41, 5.74) is -0.316. The van der Waals surface area contributed by atoms with Gasteiger partial charge in [0.05, 0.1) is 5.56 Å². The lowest BCUT2D eigenvalue weighted by Gasteiger charge is -2.27. The SMILES string of the molecule is CC(C)(C)OC(=O)N1CCc2[nH]c(-c3ccc(F)nc3F)nc2C1=O.